The molecule has 0 unspecified atom stereocenters. The Hall–Kier alpha value is -1.48. The zero-order chi connectivity index (χ0) is 9.80. The monoisotopic (exact) mass is 205 g/mol. The van der Waals surface area contributed by atoms with E-state index in [1.165, 1.54) is 0 Å². The molecule has 2 rings (SSSR count). The number of hydrogen-bond donors (Lipinski definition) is 0. The molecule has 0 aliphatic rings. The van der Waals surface area contributed by atoms with E-state index < -0.39 is 0 Å². The Labute approximate surface area is 86.8 Å². The number of aromatic nitrogens is 3. The van der Waals surface area contributed by atoms with Gasteiger partial charge in [-0.3, -0.25) is 4.98 Å². The quantitative estimate of drug-likeness (QED) is 0.705. The maximum absolute atomic E-state index is 5.74. The number of nitrogens with zero attached hydrogens (tertiary/aromatic N) is 3. The molecule has 0 fully saturated rings. The fourth-order valence-corrected chi connectivity index (χ4v) is 1.28. The van der Waals surface area contributed by atoms with Gasteiger partial charge in [-0.25, -0.2) is 9.97 Å². The third kappa shape index (κ3) is 2.26. The van der Waals surface area contributed by atoms with E-state index in [4.69, 9.17) is 11.6 Å². The molecule has 2 aromatic rings. The predicted molar refractivity (Wildman–Crippen MR) is 54.1 cm³/mol. The summed E-state index contributed by atoms with van der Waals surface area (Å²) < 4.78 is 0. The van der Waals surface area contributed by atoms with Gasteiger partial charge in [0.25, 0.3) is 0 Å². The van der Waals surface area contributed by atoms with Crippen LogP contribution in [-0.2, 0) is 6.42 Å². The van der Waals surface area contributed by atoms with E-state index in [1.807, 2.05) is 18.2 Å². The van der Waals surface area contributed by atoms with Crippen LogP contribution in [-0.4, -0.2) is 15.0 Å². The molecule has 0 saturated heterocycles. The van der Waals surface area contributed by atoms with Crippen LogP contribution in [0.2, 0.25) is 5.15 Å². The molecule has 70 valence electrons. The summed E-state index contributed by atoms with van der Waals surface area (Å²) in [6, 6.07) is 7.41. The van der Waals surface area contributed by atoms with Crippen molar-refractivity contribution in [3.05, 3.63) is 53.3 Å². The van der Waals surface area contributed by atoms with Gasteiger partial charge in [0.1, 0.15) is 11.0 Å². The average Bonchev–Trinajstić information content (AvgIpc) is 2.19. The van der Waals surface area contributed by atoms with Crippen molar-refractivity contribution in [1.29, 1.82) is 0 Å². The maximum atomic E-state index is 5.74. The summed E-state index contributed by atoms with van der Waals surface area (Å²) in [6.45, 7) is 0. The van der Waals surface area contributed by atoms with Gasteiger partial charge in [-0.15, -0.1) is 0 Å². The smallest absolute Gasteiger partial charge is 0.135 e. The lowest BCUT2D eigenvalue weighted by Crippen LogP contribution is -1.97. The van der Waals surface area contributed by atoms with Crippen LogP contribution in [0, 0.1) is 0 Å². The van der Waals surface area contributed by atoms with Crippen molar-refractivity contribution in [2.45, 2.75) is 6.42 Å². The average molecular weight is 206 g/mol. The Balaban J connectivity index is 2.19. The van der Waals surface area contributed by atoms with Crippen molar-refractivity contribution in [1.82, 2.24) is 15.0 Å². The molecule has 2 aromatic heterocycles. The molecule has 0 aliphatic carbocycles. The van der Waals surface area contributed by atoms with Gasteiger partial charge < -0.3 is 0 Å². The highest BCUT2D eigenvalue weighted by molar-refractivity contribution is 6.29. The number of halogens is 1. The highest BCUT2D eigenvalue weighted by Crippen LogP contribution is 2.05. The molecule has 0 radical (unpaired) electrons. The zero-order valence-corrected chi connectivity index (χ0v) is 8.15. The first-order valence-electron chi connectivity index (χ1n) is 4.22. The fourth-order valence-electron chi connectivity index (χ4n) is 1.12. The van der Waals surface area contributed by atoms with Gasteiger partial charge in [0.15, 0.2) is 0 Å². The van der Waals surface area contributed by atoms with Crippen LogP contribution in [0.15, 0.2) is 36.7 Å². The molecular formula is C10H8ClN3. The molecule has 0 aromatic carbocycles. The molecule has 0 spiro atoms. The molecule has 0 bridgehead atoms. The van der Waals surface area contributed by atoms with Gasteiger partial charge in [0.05, 0.1) is 6.42 Å². The normalized spacial score (nSPS) is 10.1. The van der Waals surface area contributed by atoms with Crippen LogP contribution in [0.4, 0.5) is 0 Å². The van der Waals surface area contributed by atoms with Gasteiger partial charge >= 0.3 is 0 Å². The Morgan fingerprint density at radius 3 is 2.71 bits per heavy atom. The molecule has 14 heavy (non-hydrogen) atoms. The van der Waals surface area contributed by atoms with Crippen molar-refractivity contribution in [3.63, 3.8) is 0 Å². The molecule has 0 N–H and O–H groups in total. The first-order chi connectivity index (χ1) is 6.84. The summed E-state index contributed by atoms with van der Waals surface area (Å²) in [5.74, 6) is 0.691. The van der Waals surface area contributed by atoms with Crippen LogP contribution in [0.5, 0.6) is 0 Å². The predicted octanol–water partition coefficient (Wildman–Crippen LogP) is 2.12. The Morgan fingerprint density at radius 1 is 1.07 bits per heavy atom. The van der Waals surface area contributed by atoms with Gasteiger partial charge in [0, 0.05) is 18.1 Å². The topological polar surface area (TPSA) is 38.7 Å². The zero-order valence-electron chi connectivity index (χ0n) is 7.39. The van der Waals surface area contributed by atoms with E-state index in [2.05, 4.69) is 15.0 Å². The van der Waals surface area contributed by atoms with Crippen LogP contribution in [0.25, 0.3) is 0 Å². The van der Waals surface area contributed by atoms with E-state index >= 15 is 0 Å². The minimum atomic E-state index is 0.464. The van der Waals surface area contributed by atoms with Crippen LogP contribution >= 0.6 is 11.6 Å². The van der Waals surface area contributed by atoms with Gasteiger partial charge in [-0.2, -0.15) is 0 Å². The van der Waals surface area contributed by atoms with Crippen molar-refractivity contribution >= 4 is 11.6 Å². The fraction of sp³-hybridized carbons (Fsp3) is 0.100. The van der Waals surface area contributed by atoms with Crippen molar-refractivity contribution in [2.75, 3.05) is 0 Å². The Kier molecular flexibility index (Phi) is 2.70. The van der Waals surface area contributed by atoms with Crippen molar-refractivity contribution in [3.8, 4) is 0 Å². The van der Waals surface area contributed by atoms with Gasteiger partial charge in [-0.1, -0.05) is 17.7 Å². The lowest BCUT2D eigenvalue weighted by Gasteiger charge is -1.98. The van der Waals surface area contributed by atoms with Gasteiger partial charge in [-0.05, 0) is 18.2 Å². The van der Waals surface area contributed by atoms with Crippen molar-refractivity contribution in [2.24, 2.45) is 0 Å². The van der Waals surface area contributed by atoms with Crippen LogP contribution in [0.1, 0.15) is 11.5 Å². The summed E-state index contributed by atoms with van der Waals surface area (Å²) >= 11 is 5.74. The highest BCUT2D eigenvalue weighted by atomic mass is 35.5. The Bertz CT molecular complexity index is 417. The lowest BCUT2D eigenvalue weighted by atomic mass is 10.2. The molecule has 0 amide bonds. The third-order valence-electron chi connectivity index (χ3n) is 1.74. The van der Waals surface area contributed by atoms with E-state index in [0.29, 0.717) is 17.4 Å². The van der Waals surface area contributed by atoms with E-state index in [0.717, 1.165) is 5.69 Å². The van der Waals surface area contributed by atoms with Gasteiger partial charge in [0.2, 0.25) is 0 Å². The van der Waals surface area contributed by atoms with E-state index in [9.17, 15) is 0 Å². The minimum absolute atomic E-state index is 0.464. The van der Waals surface area contributed by atoms with Crippen molar-refractivity contribution < 1.29 is 0 Å². The first-order valence-corrected chi connectivity index (χ1v) is 4.60. The summed E-state index contributed by atoms with van der Waals surface area (Å²) in [4.78, 5) is 12.4. The summed E-state index contributed by atoms with van der Waals surface area (Å²) in [7, 11) is 0. The molecule has 2 heterocycles. The molecule has 0 saturated carbocycles. The standard InChI is InChI=1S/C10H8ClN3/c11-9-4-6-13-10(14-9)7-8-3-1-2-5-12-8/h1-6H,7H2. The third-order valence-corrected chi connectivity index (χ3v) is 1.95. The summed E-state index contributed by atoms with van der Waals surface area (Å²) in [6.07, 6.45) is 4.01. The largest absolute Gasteiger partial charge is 0.261 e. The second-order valence-corrected chi connectivity index (χ2v) is 3.18. The first kappa shape index (κ1) is 9.09. The molecule has 0 aliphatic heterocycles. The molecule has 4 heteroatoms. The molecular weight excluding hydrogens is 198 g/mol. The summed E-state index contributed by atoms with van der Waals surface area (Å²) in [5.41, 5.74) is 0.940. The number of hydrogen-bond acceptors (Lipinski definition) is 3. The molecule has 0 atom stereocenters. The second kappa shape index (κ2) is 4.15. The maximum Gasteiger partial charge on any atom is 0.135 e. The SMILES string of the molecule is Clc1ccnc(Cc2ccccn2)n1. The second-order valence-electron chi connectivity index (χ2n) is 2.79. The minimum Gasteiger partial charge on any atom is -0.261 e. The van der Waals surface area contributed by atoms with E-state index in [-0.39, 0.29) is 0 Å². The highest BCUT2D eigenvalue weighted by Gasteiger charge is 1.99. The van der Waals surface area contributed by atoms with Crippen LogP contribution < -0.4 is 0 Å². The summed E-state index contributed by atoms with van der Waals surface area (Å²) in [5, 5.41) is 0.464. The molecule has 3 nitrogen and oxygen atoms in total. The lowest BCUT2D eigenvalue weighted by molar-refractivity contribution is 0.936. The number of rotatable bonds is 2. The number of pyridine rings is 1. The van der Waals surface area contributed by atoms with Crippen LogP contribution in [0.3, 0.4) is 0 Å². The van der Waals surface area contributed by atoms with E-state index in [1.54, 1.807) is 18.5 Å². The Morgan fingerprint density at radius 2 is 2.00 bits per heavy atom.